The summed E-state index contributed by atoms with van der Waals surface area (Å²) in [7, 11) is -0.845. The molecule has 0 aromatic carbocycles. The lowest BCUT2D eigenvalue weighted by atomic mass is 10.6. The number of hydrogen-bond acceptors (Lipinski definition) is 3. The molecule has 0 rings (SSSR count). The lowest BCUT2D eigenvalue weighted by Gasteiger charge is -1.95. The summed E-state index contributed by atoms with van der Waals surface area (Å²) in [5.41, 5.74) is 0. The van der Waals surface area contributed by atoms with Crippen LogP contribution in [-0.4, -0.2) is 13.7 Å². The Bertz CT molecular complexity index is 111. The van der Waals surface area contributed by atoms with Crippen LogP contribution < -0.4 is 0 Å². The maximum atomic E-state index is 10.4. The van der Waals surface area contributed by atoms with E-state index in [0.717, 1.165) is 0 Å². The molecule has 3 nitrogen and oxygen atoms in total. The van der Waals surface area contributed by atoms with Crippen LogP contribution in [0.3, 0.4) is 0 Å². The second kappa shape index (κ2) is 6.02. The molecular formula is C5H11O3P. The Morgan fingerprint density at radius 1 is 1.67 bits per heavy atom. The number of rotatable bonds is 4. The molecule has 0 saturated carbocycles. The molecule has 0 amide bonds. The van der Waals surface area contributed by atoms with Crippen molar-refractivity contribution >= 4 is 8.25 Å². The monoisotopic (exact) mass is 150 g/mol. The molecular weight excluding hydrogens is 139 g/mol. The van der Waals surface area contributed by atoms with E-state index < -0.39 is 8.25 Å². The van der Waals surface area contributed by atoms with Crippen LogP contribution in [0.5, 0.6) is 0 Å². The van der Waals surface area contributed by atoms with Gasteiger partial charge in [0.25, 0.3) is 0 Å². The van der Waals surface area contributed by atoms with Gasteiger partial charge in [-0.15, -0.1) is 0 Å². The molecule has 0 radical (unpaired) electrons. The number of allylic oxidation sites excluding steroid dienone is 1. The second-order valence-electron chi connectivity index (χ2n) is 1.33. The van der Waals surface area contributed by atoms with Gasteiger partial charge in [-0.25, -0.2) is 0 Å². The molecule has 0 bridgehead atoms. The first-order valence-electron chi connectivity index (χ1n) is 2.63. The van der Waals surface area contributed by atoms with Crippen molar-refractivity contribution in [2.24, 2.45) is 0 Å². The minimum atomic E-state index is -2.20. The number of hydrogen-bond donors (Lipinski definition) is 0. The van der Waals surface area contributed by atoms with Gasteiger partial charge in [-0.3, -0.25) is 4.57 Å². The summed E-state index contributed by atoms with van der Waals surface area (Å²) < 4.78 is 19.4. The molecule has 0 heterocycles. The first-order chi connectivity index (χ1) is 4.31. The fourth-order valence-corrected chi connectivity index (χ4v) is 0.621. The summed E-state index contributed by atoms with van der Waals surface area (Å²) in [6.45, 7) is 2.23. The van der Waals surface area contributed by atoms with Gasteiger partial charge in [0.05, 0.1) is 6.61 Å². The largest absolute Gasteiger partial charge is 0.319 e. The minimum absolute atomic E-state index is 0.363. The molecule has 0 aliphatic rings. The quantitative estimate of drug-likeness (QED) is 0.451. The van der Waals surface area contributed by atoms with Crippen LogP contribution in [0.2, 0.25) is 0 Å². The lowest BCUT2D eigenvalue weighted by molar-refractivity contribution is 0.279. The average Bonchev–Trinajstić information content (AvgIpc) is 1.89. The van der Waals surface area contributed by atoms with Gasteiger partial charge >= 0.3 is 8.25 Å². The van der Waals surface area contributed by atoms with Crippen molar-refractivity contribution in [2.75, 3.05) is 13.7 Å². The maximum Gasteiger partial charge on any atom is 0.319 e. The zero-order valence-corrected chi connectivity index (χ0v) is 6.59. The Morgan fingerprint density at radius 3 is 2.78 bits per heavy atom. The minimum Gasteiger partial charge on any atom is -0.314 e. The normalized spacial score (nSPS) is 14.4. The molecule has 0 aliphatic carbocycles. The van der Waals surface area contributed by atoms with Crippen molar-refractivity contribution in [2.45, 2.75) is 6.92 Å². The van der Waals surface area contributed by atoms with Crippen LogP contribution in [0, 0.1) is 0 Å². The fraction of sp³-hybridized carbons (Fsp3) is 0.600. The summed E-state index contributed by atoms with van der Waals surface area (Å²) in [4.78, 5) is 0. The zero-order chi connectivity index (χ0) is 7.11. The van der Waals surface area contributed by atoms with Crippen molar-refractivity contribution in [3.8, 4) is 0 Å². The Kier molecular flexibility index (Phi) is 5.94. The Balaban J connectivity index is 3.17. The summed E-state index contributed by atoms with van der Waals surface area (Å²) >= 11 is 0. The topological polar surface area (TPSA) is 35.5 Å². The molecule has 1 unspecified atom stereocenters. The molecule has 1 atom stereocenters. The highest BCUT2D eigenvalue weighted by atomic mass is 31.1. The van der Waals surface area contributed by atoms with E-state index in [4.69, 9.17) is 0 Å². The Labute approximate surface area is 55.6 Å². The molecule has 9 heavy (non-hydrogen) atoms. The summed E-state index contributed by atoms with van der Waals surface area (Å²) in [5.74, 6) is 0. The van der Waals surface area contributed by atoms with E-state index in [2.05, 4.69) is 9.05 Å². The van der Waals surface area contributed by atoms with Gasteiger partial charge < -0.3 is 9.05 Å². The van der Waals surface area contributed by atoms with Gasteiger partial charge in [0, 0.05) is 7.11 Å². The zero-order valence-electron chi connectivity index (χ0n) is 5.59. The Hall–Kier alpha value is -0.110. The second-order valence-corrected chi connectivity index (χ2v) is 2.53. The van der Waals surface area contributed by atoms with Crippen molar-refractivity contribution < 1.29 is 13.6 Å². The summed E-state index contributed by atoms with van der Waals surface area (Å²) in [6.07, 6.45) is 3.59. The molecule has 54 valence electrons. The van der Waals surface area contributed by atoms with Crippen LogP contribution in [0.25, 0.3) is 0 Å². The highest BCUT2D eigenvalue weighted by Crippen LogP contribution is 2.20. The molecule has 4 heteroatoms. The van der Waals surface area contributed by atoms with Crippen LogP contribution in [0.15, 0.2) is 12.2 Å². The van der Waals surface area contributed by atoms with Gasteiger partial charge in [0.2, 0.25) is 0 Å². The van der Waals surface area contributed by atoms with Crippen molar-refractivity contribution in [3.05, 3.63) is 12.2 Å². The smallest absolute Gasteiger partial charge is 0.314 e. The maximum absolute atomic E-state index is 10.4. The predicted octanol–water partition coefficient (Wildman–Crippen LogP) is 1.62. The SMILES string of the molecule is C/C=C/CO[PH](=O)OC. The highest BCUT2D eigenvalue weighted by molar-refractivity contribution is 7.33. The van der Waals surface area contributed by atoms with Crippen molar-refractivity contribution in [1.29, 1.82) is 0 Å². The molecule has 0 aromatic rings. The van der Waals surface area contributed by atoms with E-state index in [1.165, 1.54) is 7.11 Å². The van der Waals surface area contributed by atoms with Crippen molar-refractivity contribution in [1.82, 2.24) is 0 Å². The van der Waals surface area contributed by atoms with Gasteiger partial charge in [-0.2, -0.15) is 0 Å². The molecule has 0 spiro atoms. The van der Waals surface area contributed by atoms with Gasteiger partial charge in [-0.1, -0.05) is 12.2 Å². The third kappa shape index (κ3) is 5.77. The molecule has 0 N–H and O–H groups in total. The molecule has 0 saturated heterocycles. The van der Waals surface area contributed by atoms with Crippen molar-refractivity contribution in [3.63, 3.8) is 0 Å². The standard InChI is InChI=1S/C5H11O3P/c1-3-4-5-8-9(6)7-2/h3-4,9H,5H2,1-2H3/b4-3+. The van der Waals surface area contributed by atoms with Gasteiger partial charge in [-0.05, 0) is 6.92 Å². The van der Waals surface area contributed by atoms with Gasteiger partial charge in [0.1, 0.15) is 0 Å². The van der Waals surface area contributed by atoms with E-state index in [9.17, 15) is 4.57 Å². The Morgan fingerprint density at radius 2 is 2.33 bits per heavy atom. The van der Waals surface area contributed by atoms with E-state index in [1.54, 1.807) is 6.08 Å². The summed E-state index contributed by atoms with van der Waals surface area (Å²) in [5, 5.41) is 0. The molecule has 0 aromatic heterocycles. The van der Waals surface area contributed by atoms with Crippen LogP contribution in [-0.2, 0) is 13.6 Å². The van der Waals surface area contributed by atoms with E-state index in [0.29, 0.717) is 6.61 Å². The van der Waals surface area contributed by atoms with E-state index in [1.807, 2.05) is 13.0 Å². The van der Waals surface area contributed by atoms with E-state index >= 15 is 0 Å². The fourth-order valence-electron chi connectivity index (χ4n) is 0.271. The van der Waals surface area contributed by atoms with Crippen LogP contribution in [0.1, 0.15) is 6.92 Å². The van der Waals surface area contributed by atoms with Gasteiger partial charge in [0.15, 0.2) is 0 Å². The first kappa shape index (κ1) is 8.89. The third-order valence-electron chi connectivity index (χ3n) is 0.700. The van der Waals surface area contributed by atoms with Crippen LogP contribution in [0.4, 0.5) is 0 Å². The molecule has 0 aliphatic heterocycles. The third-order valence-corrected chi connectivity index (χ3v) is 1.44. The predicted molar refractivity (Wildman–Crippen MR) is 36.8 cm³/mol. The van der Waals surface area contributed by atoms with Crippen LogP contribution >= 0.6 is 8.25 Å². The summed E-state index contributed by atoms with van der Waals surface area (Å²) in [6, 6.07) is 0. The molecule has 0 fully saturated rings. The highest BCUT2D eigenvalue weighted by Gasteiger charge is 1.89. The average molecular weight is 150 g/mol. The van der Waals surface area contributed by atoms with E-state index in [-0.39, 0.29) is 0 Å². The first-order valence-corrected chi connectivity index (χ1v) is 3.85. The lowest BCUT2D eigenvalue weighted by Crippen LogP contribution is -1.79.